The molecule has 1 aromatic rings. The molecular weight excluding hydrogens is 130 g/mol. The number of hydrogen-bond donors (Lipinski definition) is 1. The van der Waals surface area contributed by atoms with Gasteiger partial charge in [-0.2, -0.15) is 4.89 Å². The summed E-state index contributed by atoms with van der Waals surface area (Å²) in [4.78, 5) is 9.14. The van der Waals surface area contributed by atoms with Gasteiger partial charge in [0.1, 0.15) is 0 Å². The zero-order valence-corrected chi connectivity index (χ0v) is 5.70. The van der Waals surface area contributed by atoms with Crippen LogP contribution in [0.15, 0.2) is 24.3 Å². The highest BCUT2D eigenvalue weighted by Crippen LogP contribution is 2.19. The predicted molar refractivity (Wildman–Crippen MR) is 38.5 cm³/mol. The first-order valence-electron chi connectivity index (χ1n) is 2.90. The van der Waals surface area contributed by atoms with Gasteiger partial charge in [0.05, 0.1) is 12.8 Å². The highest BCUT2D eigenvalue weighted by Gasteiger charge is 1.95. The molecule has 0 aliphatic heterocycles. The first kappa shape index (κ1) is 6.89. The summed E-state index contributed by atoms with van der Waals surface area (Å²) in [6, 6.07) is 7.13. The lowest BCUT2D eigenvalue weighted by atomic mass is 10.3. The number of nitrogen functional groups attached to an aromatic ring is 1. The van der Waals surface area contributed by atoms with Crippen molar-refractivity contribution in [2.24, 2.45) is 0 Å². The quantitative estimate of drug-likeness (QED) is 0.380. The average molecular weight is 139 g/mol. The highest BCUT2D eigenvalue weighted by atomic mass is 17.2. The summed E-state index contributed by atoms with van der Waals surface area (Å²) in [5, 5.41) is 0. The predicted octanol–water partition coefficient (Wildman–Crippen LogP) is 1.21. The Balaban J connectivity index is 2.81. The summed E-state index contributed by atoms with van der Waals surface area (Å²) in [5.41, 5.74) is 6.08. The Labute approximate surface area is 59.3 Å². The van der Waals surface area contributed by atoms with E-state index in [1.165, 1.54) is 7.11 Å². The van der Waals surface area contributed by atoms with E-state index in [2.05, 4.69) is 4.89 Å². The Morgan fingerprint density at radius 1 is 1.30 bits per heavy atom. The molecule has 3 nitrogen and oxygen atoms in total. The third kappa shape index (κ3) is 1.39. The van der Waals surface area contributed by atoms with E-state index < -0.39 is 0 Å². The van der Waals surface area contributed by atoms with Crippen molar-refractivity contribution in [3.05, 3.63) is 24.3 Å². The van der Waals surface area contributed by atoms with Gasteiger partial charge in [0.15, 0.2) is 5.75 Å². The molecule has 0 spiro atoms. The van der Waals surface area contributed by atoms with Gasteiger partial charge in [0, 0.05) is 0 Å². The Hall–Kier alpha value is -1.22. The van der Waals surface area contributed by atoms with Crippen LogP contribution in [0.1, 0.15) is 0 Å². The molecule has 1 aromatic carbocycles. The van der Waals surface area contributed by atoms with Crippen LogP contribution >= 0.6 is 0 Å². The lowest BCUT2D eigenvalue weighted by Crippen LogP contribution is -1.94. The third-order valence-electron chi connectivity index (χ3n) is 1.09. The Morgan fingerprint density at radius 2 is 2.00 bits per heavy atom. The van der Waals surface area contributed by atoms with Gasteiger partial charge in [-0.25, -0.2) is 0 Å². The van der Waals surface area contributed by atoms with Crippen molar-refractivity contribution in [1.29, 1.82) is 0 Å². The second-order valence-electron chi connectivity index (χ2n) is 1.79. The first-order chi connectivity index (χ1) is 4.84. The normalized spacial score (nSPS) is 9.30. The molecule has 0 aliphatic carbocycles. The van der Waals surface area contributed by atoms with Crippen LogP contribution in [-0.4, -0.2) is 7.11 Å². The molecule has 3 heteroatoms. The Bertz CT molecular complexity index is 213. The molecule has 0 bridgehead atoms. The van der Waals surface area contributed by atoms with Crippen molar-refractivity contribution in [3.8, 4) is 5.75 Å². The minimum absolute atomic E-state index is 0.546. The van der Waals surface area contributed by atoms with Crippen LogP contribution in [0.25, 0.3) is 0 Å². The zero-order chi connectivity index (χ0) is 7.40. The summed E-state index contributed by atoms with van der Waals surface area (Å²) in [6.07, 6.45) is 0. The lowest BCUT2D eigenvalue weighted by Gasteiger charge is -2.01. The van der Waals surface area contributed by atoms with E-state index in [0.29, 0.717) is 11.4 Å². The Morgan fingerprint density at radius 3 is 2.60 bits per heavy atom. The van der Waals surface area contributed by atoms with E-state index in [9.17, 15) is 0 Å². The van der Waals surface area contributed by atoms with Crippen LogP contribution in [0.5, 0.6) is 5.75 Å². The van der Waals surface area contributed by atoms with E-state index in [-0.39, 0.29) is 0 Å². The number of hydrogen-bond acceptors (Lipinski definition) is 3. The fourth-order valence-corrected chi connectivity index (χ4v) is 0.646. The summed E-state index contributed by atoms with van der Waals surface area (Å²) >= 11 is 0. The van der Waals surface area contributed by atoms with Crippen LogP contribution in [0, 0.1) is 0 Å². The number of rotatable bonds is 2. The average Bonchev–Trinajstić information content (AvgIpc) is 1.94. The molecule has 0 atom stereocenters. The Kier molecular flexibility index (Phi) is 2.12. The molecule has 2 N–H and O–H groups in total. The summed E-state index contributed by atoms with van der Waals surface area (Å²) in [6.45, 7) is 0. The van der Waals surface area contributed by atoms with Crippen LogP contribution in [0.4, 0.5) is 5.69 Å². The van der Waals surface area contributed by atoms with Crippen molar-refractivity contribution in [2.75, 3.05) is 12.8 Å². The monoisotopic (exact) mass is 139 g/mol. The molecule has 0 amide bonds. The maximum absolute atomic E-state index is 5.50. The second-order valence-corrected chi connectivity index (χ2v) is 1.79. The summed E-state index contributed by atoms with van der Waals surface area (Å²) in [5.74, 6) is 0.546. The number of benzene rings is 1. The van der Waals surface area contributed by atoms with Crippen LogP contribution in [0.2, 0.25) is 0 Å². The molecule has 0 aromatic heterocycles. The number of para-hydroxylation sites is 2. The zero-order valence-electron chi connectivity index (χ0n) is 5.70. The molecule has 0 heterocycles. The smallest absolute Gasteiger partial charge is 0.188 e. The molecule has 0 saturated carbocycles. The van der Waals surface area contributed by atoms with E-state index in [0.717, 1.165) is 0 Å². The van der Waals surface area contributed by atoms with Gasteiger partial charge in [0.25, 0.3) is 0 Å². The SMILES string of the molecule is COOc1ccccc1N. The number of anilines is 1. The van der Waals surface area contributed by atoms with E-state index in [4.69, 9.17) is 10.6 Å². The van der Waals surface area contributed by atoms with Crippen molar-refractivity contribution < 1.29 is 9.78 Å². The first-order valence-corrected chi connectivity index (χ1v) is 2.90. The van der Waals surface area contributed by atoms with Crippen LogP contribution < -0.4 is 10.6 Å². The minimum Gasteiger partial charge on any atom is -0.396 e. The molecule has 0 aliphatic rings. The molecule has 0 fully saturated rings. The maximum atomic E-state index is 5.50. The molecule has 0 saturated heterocycles. The van der Waals surface area contributed by atoms with Crippen molar-refractivity contribution in [1.82, 2.24) is 0 Å². The van der Waals surface area contributed by atoms with E-state index in [1.807, 2.05) is 12.1 Å². The molecular formula is C7H9NO2. The van der Waals surface area contributed by atoms with Crippen molar-refractivity contribution >= 4 is 5.69 Å². The number of nitrogens with two attached hydrogens (primary N) is 1. The molecule has 54 valence electrons. The van der Waals surface area contributed by atoms with Gasteiger partial charge >= 0.3 is 0 Å². The molecule has 10 heavy (non-hydrogen) atoms. The van der Waals surface area contributed by atoms with Gasteiger partial charge in [-0.05, 0) is 12.1 Å². The fourth-order valence-electron chi connectivity index (χ4n) is 0.646. The van der Waals surface area contributed by atoms with Gasteiger partial charge < -0.3 is 10.6 Å². The molecule has 0 radical (unpaired) electrons. The summed E-state index contributed by atoms with van der Waals surface area (Å²) < 4.78 is 0. The van der Waals surface area contributed by atoms with Crippen molar-refractivity contribution in [3.63, 3.8) is 0 Å². The van der Waals surface area contributed by atoms with Gasteiger partial charge in [-0.3, -0.25) is 0 Å². The largest absolute Gasteiger partial charge is 0.396 e. The van der Waals surface area contributed by atoms with Crippen LogP contribution in [0.3, 0.4) is 0 Å². The fraction of sp³-hybridized carbons (Fsp3) is 0.143. The summed E-state index contributed by atoms with van der Waals surface area (Å²) in [7, 11) is 1.44. The minimum atomic E-state index is 0.546. The van der Waals surface area contributed by atoms with Gasteiger partial charge in [-0.15, -0.1) is 0 Å². The van der Waals surface area contributed by atoms with Crippen LogP contribution in [-0.2, 0) is 4.89 Å². The highest BCUT2D eigenvalue weighted by molar-refractivity contribution is 5.51. The van der Waals surface area contributed by atoms with Gasteiger partial charge in [0.2, 0.25) is 0 Å². The van der Waals surface area contributed by atoms with E-state index >= 15 is 0 Å². The van der Waals surface area contributed by atoms with Crippen molar-refractivity contribution in [2.45, 2.75) is 0 Å². The standard InChI is InChI=1S/C7H9NO2/c1-9-10-7-5-3-2-4-6(7)8/h2-5H,8H2,1H3. The molecule has 1 rings (SSSR count). The van der Waals surface area contributed by atoms with E-state index in [1.54, 1.807) is 12.1 Å². The second kappa shape index (κ2) is 3.08. The third-order valence-corrected chi connectivity index (χ3v) is 1.09. The maximum Gasteiger partial charge on any atom is 0.188 e. The lowest BCUT2D eigenvalue weighted by molar-refractivity contribution is -0.177. The molecule has 0 unspecified atom stereocenters. The topological polar surface area (TPSA) is 44.5 Å². The van der Waals surface area contributed by atoms with Gasteiger partial charge in [-0.1, -0.05) is 12.1 Å².